The molecule has 1 unspecified atom stereocenters. The molecule has 1 spiro atoms. The van der Waals surface area contributed by atoms with Crippen LogP contribution in [0, 0.1) is 5.41 Å². The molecule has 0 aromatic carbocycles. The largest absolute Gasteiger partial charge is 0.459 e. The number of cyclic esters (lactones) is 1. The van der Waals surface area contributed by atoms with Crippen LogP contribution >= 0.6 is 0 Å². The second-order valence-corrected chi connectivity index (χ2v) is 5.45. The van der Waals surface area contributed by atoms with E-state index in [4.69, 9.17) is 4.74 Å². The lowest BCUT2D eigenvalue weighted by Gasteiger charge is -2.35. The first kappa shape index (κ1) is 9.97. The van der Waals surface area contributed by atoms with Crippen LogP contribution < -0.4 is 0 Å². The topological polar surface area (TPSA) is 29.5 Å². The number of piperidine rings is 1. The van der Waals surface area contributed by atoms with Crippen LogP contribution in [0.4, 0.5) is 0 Å². The van der Waals surface area contributed by atoms with Gasteiger partial charge in [0.05, 0.1) is 5.41 Å². The average molecular weight is 197 g/mol. The lowest BCUT2D eigenvalue weighted by molar-refractivity contribution is -0.154. The molecule has 80 valence electrons. The summed E-state index contributed by atoms with van der Waals surface area (Å²) in [5, 5.41) is 0. The van der Waals surface area contributed by atoms with Gasteiger partial charge in [-0.25, -0.2) is 0 Å². The number of carbonyl (C=O) groups is 1. The van der Waals surface area contributed by atoms with Crippen LogP contribution in [0.5, 0.6) is 0 Å². The standard InChI is InChI=1S/C11H19NO2/c1-10(2)7-11(9(13)14-10)5-4-6-12(3)8-11/h4-8H2,1-3H3. The van der Waals surface area contributed by atoms with Crippen LogP contribution in [0.3, 0.4) is 0 Å². The molecule has 2 heterocycles. The molecule has 3 nitrogen and oxygen atoms in total. The molecular weight excluding hydrogens is 178 g/mol. The Hall–Kier alpha value is -0.570. The molecular formula is C11H19NO2. The van der Waals surface area contributed by atoms with Crippen molar-refractivity contribution in [3.05, 3.63) is 0 Å². The highest BCUT2D eigenvalue weighted by molar-refractivity contribution is 5.80. The Morgan fingerprint density at radius 2 is 2.14 bits per heavy atom. The van der Waals surface area contributed by atoms with Crippen molar-refractivity contribution >= 4 is 5.97 Å². The fourth-order valence-electron chi connectivity index (χ4n) is 2.96. The van der Waals surface area contributed by atoms with E-state index in [1.54, 1.807) is 0 Å². The van der Waals surface area contributed by atoms with Gasteiger partial charge < -0.3 is 9.64 Å². The normalized spacial score (nSPS) is 37.5. The molecule has 0 aromatic heterocycles. The smallest absolute Gasteiger partial charge is 0.314 e. The maximum Gasteiger partial charge on any atom is 0.314 e. The highest BCUT2D eigenvalue weighted by atomic mass is 16.6. The van der Waals surface area contributed by atoms with Crippen molar-refractivity contribution in [2.24, 2.45) is 5.41 Å². The maximum absolute atomic E-state index is 11.9. The fraction of sp³-hybridized carbons (Fsp3) is 0.909. The van der Waals surface area contributed by atoms with Crippen molar-refractivity contribution in [2.45, 2.75) is 38.7 Å². The number of carbonyl (C=O) groups excluding carboxylic acids is 1. The first-order chi connectivity index (χ1) is 6.44. The lowest BCUT2D eigenvalue weighted by atomic mass is 9.75. The minimum atomic E-state index is -0.255. The molecule has 0 N–H and O–H groups in total. The highest BCUT2D eigenvalue weighted by Crippen LogP contribution is 2.45. The first-order valence-corrected chi connectivity index (χ1v) is 5.36. The Morgan fingerprint density at radius 3 is 2.64 bits per heavy atom. The summed E-state index contributed by atoms with van der Waals surface area (Å²) in [6, 6.07) is 0. The Bertz CT molecular complexity index is 262. The quantitative estimate of drug-likeness (QED) is 0.550. The zero-order chi connectivity index (χ0) is 10.4. The summed E-state index contributed by atoms with van der Waals surface area (Å²) in [5.41, 5.74) is -0.453. The van der Waals surface area contributed by atoms with Crippen LogP contribution in [0.25, 0.3) is 0 Å². The van der Waals surface area contributed by atoms with E-state index >= 15 is 0 Å². The SMILES string of the molecule is CN1CCCC2(C1)CC(C)(C)OC2=O. The van der Waals surface area contributed by atoms with E-state index in [1.807, 2.05) is 13.8 Å². The number of likely N-dealkylation sites (tertiary alicyclic amines) is 1. The number of ether oxygens (including phenoxy) is 1. The molecule has 2 fully saturated rings. The van der Waals surface area contributed by atoms with Crippen LogP contribution in [0.1, 0.15) is 33.1 Å². The van der Waals surface area contributed by atoms with Gasteiger partial charge in [-0.15, -0.1) is 0 Å². The van der Waals surface area contributed by atoms with Crippen molar-refractivity contribution in [1.82, 2.24) is 4.90 Å². The number of esters is 1. The molecule has 0 saturated carbocycles. The maximum atomic E-state index is 11.9. The summed E-state index contributed by atoms with van der Waals surface area (Å²) in [6.45, 7) is 5.99. The van der Waals surface area contributed by atoms with Gasteiger partial charge in [0.15, 0.2) is 0 Å². The van der Waals surface area contributed by atoms with Crippen molar-refractivity contribution in [3.8, 4) is 0 Å². The molecule has 2 saturated heterocycles. The molecule has 14 heavy (non-hydrogen) atoms. The zero-order valence-corrected chi connectivity index (χ0v) is 9.30. The van der Waals surface area contributed by atoms with E-state index in [-0.39, 0.29) is 17.0 Å². The van der Waals surface area contributed by atoms with E-state index in [9.17, 15) is 4.79 Å². The molecule has 0 radical (unpaired) electrons. The third-order valence-electron chi connectivity index (χ3n) is 3.33. The Morgan fingerprint density at radius 1 is 1.43 bits per heavy atom. The van der Waals surface area contributed by atoms with Crippen molar-refractivity contribution < 1.29 is 9.53 Å². The molecule has 0 amide bonds. The number of hydrogen-bond acceptors (Lipinski definition) is 3. The number of nitrogens with zero attached hydrogens (tertiary/aromatic N) is 1. The monoisotopic (exact) mass is 197 g/mol. The molecule has 3 heteroatoms. The van der Waals surface area contributed by atoms with Gasteiger partial charge in [0.1, 0.15) is 5.60 Å². The van der Waals surface area contributed by atoms with Crippen molar-refractivity contribution in [2.75, 3.05) is 20.1 Å². The summed E-state index contributed by atoms with van der Waals surface area (Å²) in [6.07, 6.45) is 2.99. The van der Waals surface area contributed by atoms with Gasteiger partial charge in [0.25, 0.3) is 0 Å². The summed E-state index contributed by atoms with van der Waals surface area (Å²) < 4.78 is 5.42. The van der Waals surface area contributed by atoms with Crippen LogP contribution in [0.15, 0.2) is 0 Å². The molecule has 0 aliphatic carbocycles. The molecule has 1 atom stereocenters. The van der Waals surface area contributed by atoms with E-state index in [1.165, 1.54) is 0 Å². The predicted octanol–water partition coefficient (Wildman–Crippen LogP) is 1.42. The van der Waals surface area contributed by atoms with Gasteiger partial charge in [0.2, 0.25) is 0 Å². The second-order valence-electron chi connectivity index (χ2n) is 5.45. The molecule has 0 aromatic rings. The Balaban J connectivity index is 2.19. The summed E-state index contributed by atoms with van der Waals surface area (Å²) in [7, 11) is 2.08. The van der Waals surface area contributed by atoms with Crippen LogP contribution in [-0.4, -0.2) is 36.6 Å². The fourth-order valence-corrected chi connectivity index (χ4v) is 2.96. The van der Waals surface area contributed by atoms with Crippen molar-refractivity contribution in [3.63, 3.8) is 0 Å². The Kier molecular flexibility index (Phi) is 2.11. The summed E-state index contributed by atoms with van der Waals surface area (Å²) >= 11 is 0. The second kappa shape index (κ2) is 2.96. The molecule has 0 bridgehead atoms. The van der Waals surface area contributed by atoms with Crippen molar-refractivity contribution in [1.29, 1.82) is 0 Å². The zero-order valence-electron chi connectivity index (χ0n) is 9.30. The summed E-state index contributed by atoms with van der Waals surface area (Å²) in [4.78, 5) is 14.1. The Labute approximate surface area is 85.4 Å². The molecule has 2 aliphatic rings. The third kappa shape index (κ3) is 1.54. The minimum Gasteiger partial charge on any atom is -0.459 e. The molecule has 2 aliphatic heterocycles. The first-order valence-electron chi connectivity index (χ1n) is 5.36. The van der Waals surface area contributed by atoms with E-state index in [0.717, 1.165) is 32.4 Å². The van der Waals surface area contributed by atoms with E-state index < -0.39 is 0 Å². The summed E-state index contributed by atoms with van der Waals surface area (Å²) in [5.74, 6) is 0.0223. The average Bonchev–Trinajstić information content (AvgIpc) is 2.20. The van der Waals surface area contributed by atoms with E-state index in [0.29, 0.717) is 0 Å². The molecule has 2 rings (SSSR count). The van der Waals surface area contributed by atoms with Gasteiger partial charge >= 0.3 is 5.97 Å². The van der Waals surface area contributed by atoms with E-state index in [2.05, 4.69) is 11.9 Å². The number of rotatable bonds is 0. The minimum absolute atomic E-state index is 0.0223. The van der Waals surface area contributed by atoms with Gasteiger partial charge in [-0.1, -0.05) is 0 Å². The third-order valence-corrected chi connectivity index (χ3v) is 3.33. The van der Waals surface area contributed by atoms with Gasteiger partial charge in [-0.05, 0) is 40.3 Å². The van der Waals surface area contributed by atoms with Crippen LogP contribution in [0.2, 0.25) is 0 Å². The predicted molar refractivity (Wildman–Crippen MR) is 54.0 cm³/mol. The highest BCUT2D eigenvalue weighted by Gasteiger charge is 2.53. The van der Waals surface area contributed by atoms with Gasteiger partial charge in [0, 0.05) is 13.0 Å². The number of hydrogen-bond donors (Lipinski definition) is 0. The van der Waals surface area contributed by atoms with Gasteiger partial charge in [-0.3, -0.25) is 4.79 Å². The van der Waals surface area contributed by atoms with Crippen LogP contribution in [-0.2, 0) is 9.53 Å². The lowest BCUT2D eigenvalue weighted by Crippen LogP contribution is -2.44. The van der Waals surface area contributed by atoms with Gasteiger partial charge in [-0.2, -0.15) is 0 Å².